The Morgan fingerprint density at radius 3 is 2.00 bits per heavy atom. The van der Waals surface area contributed by atoms with E-state index >= 15 is 0 Å². The van der Waals surface area contributed by atoms with Crippen molar-refractivity contribution in [3.05, 3.63) is 59.2 Å². The Balaban J connectivity index is 1.58. The van der Waals surface area contributed by atoms with Crippen LogP contribution in [0.2, 0.25) is 0 Å². The Kier molecular flexibility index (Phi) is 7.81. The Morgan fingerprint density at radius 1 is 0.784 bits per heavy atom. The Morgan fingerprint density at radius 2 is 1.41 bits per heavy atom. The molecule has 1 aliphatic rings. The maximum Gasteiger partial charge on any atom is 0.255 e. The van der Waals surface area contributed by atoms with Gasteiger partial charge in [0.2, 0.25) is 11.5 Å². The molecule has 0 spiro atoms. The van der Waals surface area contributed by atoms with Crippen molar-refractivity contribution in [3.8, 4) is 40.2 Å². The second kappa shape index (κ2) is 11.2. The average molecular weight is 510 g/mol. The van der Waals surface area contributed by atoms with Crippen LogP contribution >= 0.6 is 0 Å². The van der Waals surface area contributed by atoms with Gasteiger partial charge < -0.3 is 38.5 Å². The van der Waals surface area contributed by atoms with E-state index in [-0.39, 0.29) is 12.0 Å². The van der Waals surface area contributed by atoms with Gasteiger partial charge in [-0.05, 0) is 30.5 Å². The molecule has 0 bridgehead atoms. The number of carbonyl (C=O) groups is 1. The van der Waals surface area contributed by atoms with Crippen molar-refractivity contribution in [1.29, 1.82) is 0 Å². The first-order valence-corrected chi connectivity index (χ1v) is 11.7. The predicted octanol–water partition coefficient (Wildman–Crippen LogP) is 5.06. The van der Waals surface area contributed by atoms with Crippen LogP contribution in [-0.2, 0) is 6.42 Å². The second-order valence-electron chi connectivity index (χ2n) is 8.26. The van der Waals surface area contributed by atoms with Crippen LogP contribution in [0.25, 0.3) is 0 Å². The molecule has 0 aromatic heterocycles. The fourth-order valence-electron chi connectivity index (χ4n) is 4.49. The lowest BCUT2D eigenvalue weighted by Crippen LogP contribution is -2.18. The van der Waals surface area contributed by atoms with Crippen LogP contribution in [0.4, 0.5) is 5.69 Å². The van der Waals surface area contributed by atoms with Crippen molar-refractivity contribution in [2.24, 2.45) is 0 Å². The molecule has 0 fully saturated rings. The number of methoxy groups -OCH3 is 6. The number of hydrogen-bond donors (Lipinski definition) is 1. The van der Waals surface area contributed by atoms with Crippen LogP contribution in [0.15, 0.2) is 42.5 Å². The van der Waals surface area contributed by atoms with Crippen molar-refractivity contribution in [2.45, 2.75) is 18.9 Å². The molecule has 3 aromatic carbocycles. The third-order valence-electron chi connectivity index (χ3n) is 6.26. The van der Waals surface area contributed by atoms with Crippen molar-refractivity contribution in [3.63, 3.8) is 0 Å². The first kappa shape index (κ1) is 25.8. The van der Waals surface area contributed by atoms with Gasteiger partial charge in [0.05, 0.1) is 42.7 Å². The highest BCUT2D eigenvalue weighted by Crippen LogP contribution is 2.49. The van der Waals surface area contributed by atoms with Gasteiger partial charge in [0.1, 0.15) is 11.9 Å². The molecule has 9 nitrogen and oxygen atoms in total. The fourth-order valence-corrected chi connectivity index (χ4v) is 4.49. The molecule has 4 rings (SSSR count). The molecule has 196 valence electrons. The Labute approximate surface area is 216 Å². The Bertz CT molecular complexity index is 1260. The summed E-state index contributed by atoms with van der Waals surface area (Å²) < 4.78 is 39.0. The summed E-state index contributed by atoms with van der Waals surface area (Å²) in [5.41, 5.74) is 2.82. The molecule has 3 aromatic rings. The Hall–Kier alpha value is -4.27. The number of nitrogens with one attached hydrogen (secondary N) is 1. The predicted molar refractivity (Wildman–Crippen MR) is 138 cm³/mol. The number of ether oxygens (including phenoxy) is 7. The number of anilines is 1. The third kappa shape index (κ3) is 5.02. The summed E-state index contributed by atoms with van der Waals surface area (Å²) in [5.74, 6) is 3.40. The standard InChI is InChI=1S/C28H31NO8/c1-31-22-13-18(14-23(32-2)26(22)35-5)29-28(30)17-9-7-8-16(12-17)20-11-10-19-21(37-20)15-24(33-3)27(36-6)25(19)34-4/h7-9,12-15,20H,10-11H2,1-6H3,(H,29,30). The van der Waals surface area contributed by atoms with Crippen molar-refractivity contribution in [2.75, 3.05) is 48.0 Å². The van der Waals surface area contributed by atoms with Crippen molar-refractivity contribution in [1.82, 2.24) is 0 Å². The first-order valence-electron chi connectivity index (χ1n) is 11.7. The van der Waals surface area contributed by atoms with Crippen LogP contribution in [-0.4, -0.2) is 48.6 Å². The van der Waals surface area contributed by atoms with E-state index in [1.54, 1.807) is 39.5 Å². The summed E-state index contributed by atoms with van der Waals surface area (Å²) in [5, 5.41) is 2.91. The highest BCUT2D eigenvalue weighted by atomic mass is 16.5. The van der Waals surface area contributed by atoms with E-state index in [1.807, 2.05) is 24.3 Å². The summed E-state index contributed by atoms with van der Waals surface area (Å²) >= 11 is 0. The van der Waals surface area contributed by atoms with Crippen molar-refractivity contribution >= 4 is 11.6 Å². The minimum Gasteiger partial charge on any atom is -0.493 e. The molecule has 1 amide bonds. The molecular formula is C28H31NO8. The normalized spacial score (nSPS) is 14.1. The largest absolute Gasteiger partial charge is 0.493 e. The minimum absolute atomic E-state index is 0.246. The monoisotopic (exact) mass is 509 g/mol. The fraction of sp³-hybridized carbons (Fsp3) is 0.321. The molecule has 1 heterocycles. The van der Waals surface area contributed by atoms with E-state index in [9.17, 15) is 4.79 Å². The van der Waals surface area contributed by atoms with Crippen LogP contribution < -0.4 is 38.5 Å². The van der Waals surface area contributed by atoms with Gasteiger partial charge >= 0.3 is 0 Å². The van der Waals surface area contributed by atoms with E-state index in [1.165, 1.54) is 21.3 Å². The summed E-state index contributed by atoms with van der Waals surface area (Å²) in [7, 11) is 9.32. The van der Waals surface area contributed by atoms with Crippen LogP contribution in [0.5, 0.6) is 40.2 Å². The van der Waals surface area contributed by atoms with E-state index in [0.717, 1.165) is 11.1 Å². The van der Waals surface area contributed by atoms with Gasteiger partial charge in [-0.1, -0.05) is 12.1 Å². The molecule has 1 atom stereocenters. The summed E-state index contributed by atoms with van der Waals surface area (Å²) in [6.45, 7) is 0. The zero-order valence-electron chi connectivity index (χ0n) is 21.8. The quantitative estimate of drug-likeness (QED) is 0.428. The van der Waals surface area contributed by atoms with Gasteiger partial charge in [0.25, 0.3) is 5.91 Å². The highest BCUT2D eigenvalue weighted by Gasteiger charge is 2.29. The number of benzene rings is 3. The SMILES string of the molecule is COc1cc(NC(=O)c2cccc(C3CCc4c(cc(OC)c(OC)c4OC)O3)c2)cc(OC)c1OC. The maximum absolute atomic E-state index is 13.1. The van der Waals surface area contributed by atoms with Gasteiger partial charge in [0, 0.05) is 35.0 Å². The molecule has 9 heteroatoms. The van der Waals surface area contributed by atoms with E-state index < -0.39 is 0 Å². The third-order valence-corrected chi connectivity index (χ3v) is 6.26. The lowest BCUT2D eigenvalue weighted by Gasteiger charge is -2.29. The summed E-state index contributed by atoms with van der Waals surface area (Å²) in [6.07, 6.45) is 1.17. The molecule has 0 radical (unpaired) electrons. The van der Waals surface area contributed by atoms with E-state index in [0.29, 0.717) is 64.3 Å². The number of rotatable bonds is 9. The topological polar surface area (TPSA) is 93.7 Å². The lowest BCUT2D eigenvalue weighted by molar-refractivity contribution is 0.102. The smallest absolute Gasteiger partial charge is 0.255 e. The average Bonchev–Trinajstić information content (AvgIpc) is 2.94. The molecule has 1 aliphatic heterocycles. The summed E-state index contributed by atoms with van der Waals surface area (Å²) in [4.78, 5) is 13.1. The molecule has 1 unspecified atom stereocenters. The first-order chi connectivity index (χ1) is 18.0. The summed E-state index contributed by atoms with van der Waals surface area (Å²) in [6, 6.07) is 12.5. The maximum atomic E-state index is 13.1. The van der Waals surface area contributed by atoms with Gasteiger partial charge in [-0.2, -0.15) is 0 Å². The van der Waals surface area contributed by atoms with Gasteiger partial charge in [0.15, 0.2) is 23.0 Å². The minimum atomic E-state index is -0.277. The number of hydrogen-bond acceptors (Lipinski definition) is 8. The molecule has 0 saturated carbocycles. The van der Waals surface area contributed by atoms with Gasteiger partial charge in [-0.25, -0.2) is 0 Å². The van der Waals surface area contributed by atoms with Gasteiger partial charge in [-0.15, -0.1) is 0 Å². The van der Waals surface area contributed by atoms with E-state index in [2.05, 4.69) is 5.32 Å². The van der Waals surface area contributed by atoms with E-state index in [4.69, 9.17) is 33.2 Å². The van der Waals surface area contributed by atoms with Crippen molar-refractivity contribution < 1.29 is 38.0 Å². The number of fused-ring (bicyclic) bond motifs is 1. The number of amides is 1. The van der Waals surface area contributed by atoms with Crippen LogP contribution in [0.3, 0.4) is 0 Å². The van der Waals surface area contributed by atoms with Gasteiger partial charge in [-0.3, -0.25) is 4.79 Å². The molecule has 37 heavy (non-hydrogen) atoms. The lowest BCUT2D eigenvalue weighted by atomic mass is 9.95. The zero-order chi connectivity index (χ0) is 26.5. The zero-order valence-corrected chi connectivity index (χ0v) is 21.8. The molecule has 0 aliphatic carbocycles. The second-order valence-corrected chi connectivity index (χ2v) is 8.26. The molecule has 1 N–H and O–H groups in total. The highest BCUT2D eigenvalue weighted by molar-refractivity contribution is 6.04. The molecule has 0 saturated heterocycles. The number of carbonyl (C=O) groups excluding carboxylic acids is 1. The molecular weight excluding hydrogens is 478 g/mol. The van der Waals surface area contributed by atoms with Crippen LogP contribution in [0, 0.1) is 0 Å². The van der Waals surface area contributed by atoms with Crippen LogP contribution in [0.1, 0.15) is 34.0 Å².